The molecular weight excluding hydrogens is 278 g/mol. The maximum Gasteiger partial charge on any atom is 0.0611 e. The van der Waals surface area contributed by atoms with Gasteiger partial charge in [-0.25, -0.2) is 0 Å². The quantitative estimate of drug-likeness (QED) is 0.753. The minimum Gasteiger partial charge on any atom is -0.394 e. The Morgan fingerprint density at radius 2 is 2.05 bits per heavy atom. The highest BCUT2D eigenvalue weighted by Gasteiger charge is 2.33. The Morgan fingerprint density at radius 3 is 2.58 bits per heavy atom. The first kappa shape index (κ1) is 15.2. The van der Waals surface area contributed by atoms with Gasteiger partial charge in [-0.2, -0.15) is 0 Å². The van der Waals surface area contributed by atoms with Crippen LogP contribution in [0.5, 0.6) is 0 Å². The van der Waals surface area contributed by atoms with Crippen LogP contribution in [0.3, 0.4) is 0 Å². The van der Waals surface area contributed by atoms with Gasteiger partial charge >= 0.3 is 0 Å². The van der Waals surface area contributed by atoms with Crippen LogP contribution in [-0.2, 0) is 0 Å². The normalized spacial score (nSPS) is 20.0. The largest absolute Gasteiger partial charge is 0.394 e. The van der Waals surface area contributed by atoms with Crippen molar-refractivity contribution in [1.29, 1.82) is 0 Å². The lowest BCUT2D eigenvalue weighted by molar-refractivity contribution is 0.164. The summed E-state index contributed by atoms with van der Waals surface area (Å²) in [6.07, 6.45) is 3.44. The molecule has 1 fully saturated rings. The van der Waals surface area contributed by atoms with Gasteiger partial charge in [0.05, 0.1) is 6.61 Å². The van der Waals surface area contributed by atoms with Crippen LogP contribution in [-0.4, -0.2) is 28.5 Å². The number of nitrogens with one attached hydrogen (secondary N) is 1. The zero-order valence-corrected chi connectivity index (χ0v) is 13.1. The van der Waals surface area contributed by atoms with E-state index in [4.69, 9.17) is 11.6 Å². The van der Waals surface area contributed by atoms with Crippen molar-refractivity contribution in [2.45, 2.75) is 54.8 Å². The molecule has 2 nitrogen and oxygen atoms in total. The predicted molar refractivity (Wildman–Crippen MR) is 83.0 cm³/mol. The van der Waals surface area contributed by atoms with Crippen LogP contribution in [0.15, 0.2) is 29.2 Å². The molecule has 0 amide bonds. The van der Waals surface area contributed by atoms with E-state index in [1.807, 2.05) is 36.0 Å². The van der Waals surface area contributed by atoms with Gasteiger partial charge in [0.2, 0.25) is 0 Å². The number of benzene rings is 1. The Balaban J connectivity index is 1.87. The molecule has 2 unspecified atom stereocenters. The molecule has 0 radical (unpaired) electrons. The lowest BCUT2D eigenvalue weighted by Gasteiger charge is -2.31. The summed E-state index contributed by atoms with van der Waals surface area (Å²) in [5.41, 5.74) is -0.167. The number of hydrogen-bond acceptors (Lipinski definition) is 3. The van der Waals surface area contributed by atoms with Crippen LogP contribution in [0.25, 0.3) is 0 Å². The van der Waals surface area contributed by atoms with Crippen molar-refractivity contribution in [2.24, 2.45) is 0 Å². The summed E-state index contributed by atoms with van der Waals surface area (Å²) >= 11 is 7.72. The molecule has 19 heavy (non-hydrogen) atoms. The second kappa shape index (κ2) is 6.49. The first-order valence-electron chi connectivity index (χ1n) is 6.81. The first-order valence-corrected chi connectivity index (χ1v) is 8.07. The summed E-state index contributed by atoms with van der Waals surface area (Å²) in [5.74, 6) is 0. The zero-order chi connectivity index (χ0) is 13.9. The third-order valence-corrected chi connectivity index (χ3v) is 4.73. The summed E-state index contributed by atoms with van der Waals surface area (Å²) in [6.45, 7) is 4.51. The first-order chi connectivity index (χ1) is 9.00. The molecule has 4 heteroatoms. The maximum absolute atomic E-state index is 9.62. The number of aliphatic hydroxyl groups excluding tert-OH is 1. The van der Waals surface area contributed by atoms with Crippen molar-refractivity contribution >= 4 is 23.4 Å². The lowest BCUT2D eigenvalue weighted by atomic mass is 9.97. The van der Waals surface area contributed by atoms with Gasteiger partial charge in [0.1, 0.15) is 0 Å². The molecule has 2 atom stereocenters. The molecule has 1 aromatic carbocycles. The summed E-state index contributed by atoms with van der Waals surface area (Å²) < 4.78 is 0. The number of hydrogen-bond donors (Lipinski definition) is 2. The van der Waals surface area contributed by atoms with E-state index < -0.39 is 0 Å². The fourth-order valence-electron chi connectivity index (χ4n) is 2.31. The zero-order valence-electron chi connectivity index (χ0n) is 11.5. The van der Waals surface area contributed by atoms with E-state index in [0.717, 1.165) is 11.4 Å². The van der Waals surface area contributed by atoms with Crippen LogP contribution in [0.4, 0.5) is 0 Å². The second-order valence-electron chi connectivity index (χ2n) is 5.72. The fraction of sp³-hybridized carbons (Fsp3) is 0.600. The Bertz CT molecular complexity index is 407. The molecule has 0 saturated heterocycles. The molecule has 1 aromatic rings. The van der Waals surface area contributed by atoms with E-state index in [1.165, 1.54) is 17.7 Å². The van der Waals surface area contributed by atoms with E-state index in [2.05, 4.69) is 19.2 Å². The highest BCUT2D eigenvalue weighted by molar-refractivity contribution is 7.99. The number of halogens is 1. The number of rotatable bonds is 7. The summed E-state index contributed by atoms with van der Waals surface area (Å²) in [6, 6.07) is 8.56. The molecule has 0 heterocycles. The molecular formula is C15H22ClNOS. The molecule has 2 N–H and O–H groups in total. The molecule has 0 aliphatic heterocycles. The Morgan fingerprint density at radius 1 is 1.42 bits per heavy atom. The average Bonchev–Trinajstić information content (AvgIpc) is 3.15. The van der Waals surface area contributed by atoms with E-state index in [1.54, 1.807) is 0 Å². The lowest BCUT2D eigenvalue weighted by Crippen LogP contribution is -2.48. The highest BCUT2D eigenvalue weighted by atomic mass is 35.5. The van der Waals surface area contributed by atoms with Crippen LogP contribution in [0.1, 0.15) is 33.1 Å². The van der Waals surface area contributed by atoms with Crippen LogP contribution in [0, 0.1) is 0 Å². The van der Waals surface area contributed by atoms with Crippen molar-refractivity contribution in [3.05, 3.63) is 29.3 Å². The number of thioether (sulfide) groups is 1. The molecule has 106 valence electrons. The van der Waals surface area contributed by atoms with Crippen molar-refractivity contribution in [2.75, 3.05) is 6.61 Å². The van der Waals surface area contributed by atoms with E-state index in [-0.39, 0.29) is 12.1 Å². The second-order valence-corrected chi connectivity index (χ2v) is 7.67. The van der Waals surface area contributed by atoms with Crippen LogP contribution in [0.2, 0.25) is 5.02 Å². The fourth-order valence-corrected chi connectivity index (χ4v) is 3.65. The molecule has 0 bridgehead atoms. The maximum atomic E-state index is 9.62. The predicted octanol–water partition coefficient (Wildman–Crippen LogP) is 3.71. The van der Waals surface area contributed by atoms with Crippen LogP contribution >= 0.6 is 23.4 Å². The summed E-state index contributed by atoms with van der Waals surface area (Å²) in [5, 5.41) is 14.4. The molecule has 0 spiro atoms. The molecule has 1 saturated carbocycles. The van der Waals surface area contributed by atoms with E-state index in [9.17, 15) is 5.11 Å². The average molecular weight is 300 g/mol. The van der Waals surface area contributed by atoms with Gasteiger partial charge < -0.3 is 10.4 Å². The van der Waals surface area contributed by atoms with Crippen molar-refractivity contribution in [3.8, 4) is 0 Å². The standard InChI is InChI=1S/C15H22ClNOS/c1-11(19-14-7-3-12(16)4-8-14)9-15(2,10-18)17-13-5-6-13/h3-4,7-8,11,13,17-18H,5-6,9-10H2,1-2H3. The van der Waals surface area contributed by atoms with Gasteiger partial charge in [-0.1, -0.05) is 18.5 Å². The summed E-state index contributed by atoms with van der Waals surface area (Å²) in [7, 11) is 0. The van der Waals surface area contributed by atoms with Crippen molar-refractivity contribution < 1.29 is 5.11 Å². The highest BCUT2D eigenvalue weighted by Crippen LogP contribution is 2.31. The molecule has 1 aliphatic rings. The summed E-state index contributed by atoms with van der Waals surface area (Å²) in [4.78, 5) is 1.23. The van der Waals surface area contributed by atoms with Crippen molar-refractivity contribution in [1.82, 2.24) is 5.32 Å². The molecule has 1 aliphatic carbocycles. The molecule has 2 rings (SSSR count). The van der Waals surface area contributed by atoms with Gasteiger partial charge in [0, 0.05) is 26.7 Å². The Kier molecular flexibility index (Phi) is 5.18. The van der Waals surface area contributed by atoms with Gasteiger partial charge in [-0.3, -0.25) is 0 Å². The smallest absolute Gasteiger partial charge is 0.0611 e. The van der Waals surface area contributed by atoms with E-state index >= 15 is 0 Å². The van der Waals surface area contributed by atoms with Gasteiger partial charge in [0.25, 0.3) is 0 Å². The third kappa shape index (κ3) is 4.99. The Hall–Kier alpha value is -0.220. The van der Waals surface area contributed by atoms with Crippen LogP contribution < -0.4 is 5.32 Å². The monoisotopic (exact) mass is 299 g/mol. The van der Waals surface area contributed by atoms with Gasteiger partial charge in [0.15, 0.2) is 0 Å². The van der Waals surface area contributed by atoms with E-state index in [0.29, 0.717) is 11.3 Å². The van der Waals surface area contributed by atoms with Gasteiger partial charge in [-0.15, -0.1) is 11.8 Å². The minimum absolute atomic E-state index is 0.167. The third-order valence-electron chi connectivity index (χ3n) is 3.37. The Labute approximate surface area is 124 Å². The van der Waals surface area contributed by atoms with Gasteiger partial charge in [-0.05, 0) is 50.5 Å². The topological polar surface area (TPSA) is 32.3 Å². The molecule has 0 aromatic heterocycles. The van der Waals surface area contributed by atoms with Crippen molar-refractivity contribution in [3.63, 3.8) is 0 Å². The number of aliphatic hydroxyl groups is 1. The SMILES string of the molecule is CC(CC(C)(CO)NC1CC1)Sc1ccc(Cl)cc1. The minimum atomic E-state index is -0.167.